The van der Waals surface area contributed by atoms with Crippen molar-refractivity contribution in [3.05, 3.63) is 0 Å². The van der Waals surface area contributed by atoms with Crippen molar-refractivity contribution >= 4 is 0 Å². The Balaban J connectivity index is 1.99. The van der Waals surface area contributed by atoms with Crippen LogP contribution in [0.5, 0.6) is 0 Å². The van der Waals surface area contributed by atoms with Gasteiger partial charge in [0.15, 0.2) is 6.29 Å². The van der Waals surface area contributed by atoms with Crippen LogP contribution in [0.4, 0.5) is 0 Å². The third-order valence-electron chi connectivity index (χ3n) is 6.04. The molecule has 0 bridgehead atoms. The molecule has 0 spiro atoms. The molecule has 0 aromatic carbocycles. The summed E-state index contributed by atoms with van der Waals surface area (Å²) in [6.45, 7) is 0.499. The van der Waals surface area contributed by atoms with Gasteiger partial charge in [0.25, 0.3) is 0 Å². The van der Waals surface area contributed by atoms with Crippen LogP contribution in [0.25, 0.3) is 0 Å². The summed E-state index contributed by atoms with van der Waals surface area (Å²) in [5, 5.41) is 80.2. The summed E-state index contributed by atoms with van der Waals surface area (Å²) in [7, 11) is 0. The first-order valence-electron chi connectivity index (χ1n) is 11.0. The predicted octanol–water partition coefficient (Wildman–Crippen LogP) is -2.28. The number of hydrogen-bond acceptors (Lipinski definition) is 11. The maximum absolute atomic E-state index is 10.5. The lowest BCUT2D eigenvalue weighted by atomic mass is 9.98. The molecule has 184 valence electrons. The van der Waals surface area contributed by atoms with Crippen LogP contribution in [0.2, 0.25) is 0 Å². The summed E-state index contributed by atoms with van der Waals surface area (Å²) in [6, 6.07) is 0. The molecule has 0 unspecified atom stereocenters. The van der Waals surface area contributed by atoms with E-state index in [-0.39, 0.29) is 6.42 Å². The zero-order valence-corrected chi connectivity index (χ0v) is 17.9. The minimum Gasteiger partial charge on any atom is -0.394 e. The Kier molecular flexibility index (Phi) is 10.5. The Morgan fingerprint density at radius 2 is 1.55 bits per heavy atom. The van der Waals surface area contributed by atoms with Gasteiger partial charge in [0, 0.05) is 6.42 Å². The van der Waals surface area contributed by atoms with Crippen molar-refractivity contribution in [2.75, 3.05) is 13.2 Å². The van der Waals surface area contributed by atoms with Gasteiger partial charge in [0.2, 0.25) is 5.79 Å². The Morgan fingerprint density at radius 3 is 2.16 bits per heavy atom. The molecule has 2 rings (SSSR count). The number of ether oxygens (including phenoxy) is 3. The summed E-state index contributed by atoms with van der Waals surface area (Å²) in [6.07, 6.45) is -7.55. The summed E-state index contributed by atoms with van der Waals surface area (Å²) >= 11 is 0. The number of unbranched alkanes of at least 4 members (excludes halogenated alkanes) is 4. The lowest BCUT2D eigenvalue weighted by Crippen LogP contribution is -2.62. The highest BCUT2D eigenvalue weighted by atomic mass is 16.8. The Labute approximate surface area is 181 Å². The Morgan fingerprint density at radius 1 is 0.871 bits per heavy atom. The molecule has 11 nitrogen and oxygen atoms in total. The first-order chi connectivity index (χ1) is 14.7. The number of rotatable bonds is 12. The zero-order valence-electron chi connectivity index (χ0n) is 17.9. The molecule has 2 aliphatic heterocycles. The first-order valence-corrected chi connectivity index (χ1v) is 11.0. The van der Waals surface area contributed by atoms with Crippen LogP contribution < -0.4 is 0 Å². The van der Waals surface area contributed by atoms with Crippen molar-refractivity contribution in [2.24, 2.45) is 0 Å². The van der Waals surface area contributed by atoms with Crippen LogP contribution in [0.15, 0.2) is 0 Å². The van der Waals surface area contributed by atoms with Crippen molar-refractivity contribution in [3.8, 4) is 0 Å². The monoisotopic (exact) mass is 454 g/mol. The molecule has 8 N–H and O–H groups in total. The van der Waals surface area contributed by atoms with E-state index < -0.39 is 74.1 Å². The van der Waals surface area contributed by atoms with Crippen LogP contribution >= 0.6 is 0 Å². The Hall–Kier alpha value is -0.440. The molecule has 2 heterocycles. The van der Waals surface area contributed by atoms with Crippen LogP contribution in [0, 0.1) is 0 Å². The fourth-order valence-corrected chi connectivity index (χ4v) is 4.04. The molecule has 0 aromatic rings. The van der Waals surface area contributed by atoms with Gasteiger partial charge in [0.05, 0.1) is 18.8 Å². The van der Waals surface area contributed by atoms with Gasteiger partial charge in [-0.3, -0.25) is 0 Å². The van der Waals surface area contributed by atoms with E-state index in [0.29, 0.717) is 6.42 Å². The quantitative estimate of drug-likeness (QED) is 0.148. The largest absolute Gasteiger partial charge is 0.394 e. The van der Waals surface area contributed by atoms with E-state index in [0.717, 1.165) is 32.1 Å². The van der Waals surface area contributed by atoms with Crippen LogP contribution in [0.3, 0.4) is 0 Å². The third-order valence-corrected chi connectivity index (χ3v) is 6.04. The van der Waals surface area contributed by atoms with Crippen molar-refractivity contribution in [2.45, 2.75) is 113 Å². The minimum absolute atomic E-state index is 0.00814. The molecule has 2 aliphatic rings. The van der Waals surface area contributed by atoms with E-state index >= 15 is 0 Å². The molecule has 0 radical (unpaired) electrons. The maximum Gasteiger partial charge on any atom is 0.223 e. The lowest BCUT2D eigenvalue weighted by Gasteiger charge is -2.43. The standard InChI is InChI=1S/C20H38O11/c1-2-3-4-5-6-7-11(23)8-12-15(25)18(28)20(10-22,30-12)31-19-17(27)16(26)14(24)13(9-21)29-19/h11-19,21-28H,2-10H2,1H3/t11-,12-,13-,14-,15-,16+,17-,18+,19-,20+/m1/s1. The molecule has 0 aliphatic carbocycles. The highest BCUT2D eigenvalue weighted by Gasteiger charge is 2.58. The van der Waals surface area contributed by atoms with Crippen LogP contribution in [0.1, 0.15) is 51.9 Å². The second-order valence-electron chi connectivity index (χ2n) is 8.47. The summed E-state index contributed by atoms with van der Waals surface area (Å²) < 4.78 is 16.3. The normalized spacial score (nSPS) is 42.1. The molecule has 0 aromatic heterocycles. The van der Waals surface area contributed by atoms with Gasteiger partial charge in [-0.1, -0.05) is 39.0 Å². The smallest absolute Gasteiger partial charge is 0.223 e. The van der Waals surface area contributed by atoms with Gasteiger partial charge in [-0.15, -0.1) is 0 Å². The molecule has 11 heteroatoms. The van der Waals surface area contributed by atoms with Gasteiger partial charge >= 0.3 is 0 Å². The van der Waals surface area contributed by atoms with E-state index in [1.807, 2.05) is 0 Å². The summed E-state index contributed by atoms with van der Waals surface area (Å²) in [5.41, 5.74) is 0. The van der Waals surface area contributed by atoms with E-state index in [9.17, 15) is 40.9 Å². The van der Waals surface area contributed by atoms with Gasteiger partial charge < -0.3 is 55.1 Å². The van der Waals surface area contributed by atoms with Gasteiger partial charge in [-0.05, 0) is 6.42 Å². The van der Waals surface area contributed by atoms with Gasteiger partial charge in [0.1, 0.15) is 43.2 Å². The van der Waals surface area contributed by atoms with E-state index in [1.165, 1.54) is 0 Å². The van der Waals surface area contributed by atoms with Gasteiger partial charge in [-0.2, -0.15) is 0 Å². The summed E-state index contributed by atoms with van der Waals surface area (Å²) in [4.78, 5) is 0. The van der Waals surface area contributed by atoms with E-state index in [2.05, 4.69) is 6.92 Å². The SMILES string of the molecule is CCCCCCC[C@@H](O)C[C@H]1O[C@@](CO)(O[C@H]2O[C@H](CO)[C@@H](O)[C@H](O)[C@H]2O)[C@@H](O)[C@@H]1O. The molecular weight excluding hydrogens is 416 g/mol. The zero-order chi connectivity index (χ0) is 23.2. The second kappa shape index (κ2) is 12.1. The molecule has 2 fully saturated rings. The van der Waals surface area contributed by atoms with Crippen LogP contribution in [-0.4, -0.2) is 115 Å². The van der Waals surface area contributed by atoms with Crippen LogP contribution in [-0.2, 0) is 14.2 Å². The number of aliphatic hydroxyl groups is 8. The molecule has 0 amide bonds. The molecule has 2 saturated heterocycles. The lowest BCUT2D eigenvalue weighted by molar-refractivity contribution is -0.383. The highest BCUT2D eigenvalue weighted by molar-refractivity contribution is 4.99. The number of aliphatic hydroxyl groups excluding tert-OH is 8. The molecule has 0 saturated carbocycles. The van der Waals surface area contributed by atoms with E-state index in [4.69, 9.17) is 14.2 Å². The van der Waals surface area contributed by atoms with E-state index in [1.54, 1.807) is 0 Å². The Bertz CT molecular complexity index is 521. The predicted molar refractivity (Wildman–Crippen MR) is 106 cm³/mol. The first kappa shape index (κ1) is 26.8. The topological polar surface area (TPSA) is 190 Å². The maximum atomic E-state index is 10.5. The number of hydrogen-bond donors (Lipinski definition) is 8. The highest BCUT2D eigenvalue weighted by Crippen LogP contribution is 2.37. The van der Waals surface area contributed by atoms with Gasteiger partial charge in [-0.25, -0.2) is 0 Å². The minimum atomic E-state index is -2.20. The molecule has 10 atom stereocenters. The van der Waals surface area contributed by atoms with Crippen molar-refractivity contribution in [1.29, 1.82) is 0 Å². The second-order valence-corrected chi connectivity index (χ2v) is 8.47. The summed E-state index contributed by atoms with van der Waals surface area (Å²) in [5.74, 6) is -2.20. The fourth-order valence-electron chi connectivity index (χ4n) is 4.04. The average Bonchev–Trinajstić information content (AvgIpc) is 2.98. The fraction of sp³-hybridized carbons (Fsp3) is 1.00. The average molecular weight is 455 g/mol. The van der Waals surface area contributed by atoms with Crippen molar-refractivity contribution < 1.29 is 55.1 Å². The third kappa shape index (κ3) is 6.33. The molecular formula is C20H38O11. The van der Waals surface area contributed by atoms with Crippen molar-refractivity contribution in [1.82, 2.24) is 0 Å². The van der Waals surface area contributed by atoms with Crippen molar-refractivity contribution in [3.63, 3.8) is 0 Å². The molecule has 31 heavy (non-hydrogen) atoms.